The third-order valence-electron chi connectivity index (χ3n) is 1.43. The van der Waals surface area contributed by atoms with Crippen LogP contribution in [0.2, 0.25) is 0 Å². The fraction of sp³-hybridized carbons (Fsp3) is 0.167. The highest BCUT2D eigenvalue weighted by atomic mass is 79.9. The molecule has 1 aliphatic rings. The summed E-state index contributed by atoms with van der Waals surface area (Å²) in [5.74, 6) is 0.925. The van der Waals surface area contributed by atoms with Gasteiger partial charge in [0.05, 0.1) is 0 Å². The molecular weight excluding hydrogens is 194 g/mol. The van der Waals surface area contributed by atoms with Gasteiger partial charge >= 0.3 is 0 Å². The van der Waals surface area contributed by atoms with E-state index in [4.69, 9.17) is 0 Å². The topological polar surface area (TPSA) is 37.0 Å². The number of nitrogens with zero attached hydrogens (tertiary/aromatic N) is 1. The summed E-state index contributed by atoms with van der Waals surface area (Å²) in [4.78, 5) is 4.20. The highest BCUT2D eigenvalue weighted by Gasteiger charge is 2.09. The molecule has 0 saturated heterocycles. The normalized spacial score (nSPS) is 14.5. The number of anilines is 1. The fourth-order valence-corrected chi connectivity index (χ4v) is 1.25. The zero-order valence-electron chi connectivity index (χ0n) is 5.19. The number of hydrogen-bond donors (Lipinski definition) is 2. The first kappa shape index (κ1) is 6.12. The van der Waals surface area contributed by atoms with Crippen LogP contribution >= 0.6 is 15.9 Å². The van der Waals surface area contributed by atoms with Gasteiger partial charge in [0.2, 0.25) is 0 Å². The van der Waals surface area contributed by atoms with Crippen molar-refractivity contribution in [3.63, 3.8) is 0 Å². The molecule has 1 aromatic rings. The number of aromatic nitrogens is 1. The van der Waals surface area contributed by atoms with E-state index in [1.165, 1.54) is 5.56 Å². The summed E-state index contributed by atoms with van der Waals surface area (Å²) in [6, 6.07) is 3.98. The Hall–Kier alpha value is -0.610. The van der Waals surface area contributed by atoms with E-state index in [-0.39, 0.29) is 0 Å². The Bertz CT molecular complexity index is 261. The Morgan fingerprint density at radius 3 is 3.30 bits per heavy atom. The van der Waals surface area contributed by atoms with E-state index >= 15 is 0 Å². The standard InChI is InChI=1S/C6H6BrN3/c7-5-2-1-4-3-8-10-6(4)9-5/h1-2,8H,3H2,(H,9,10). The molecule has 0 bridgehead atoms. The van der Waals surface area contributed by atoms with Gasteiger partial charge in [-0.3, -0.25) is 0 Å². The Morgan fingerprint density at radius 2 is 2.40 bits per heavy atom. The van der Waals surface area contributed by atoms with Crippen LogP contribution in [0.25, 0.3) is 0 Å². The van der Waals surface area contributed by atoms with E-state index in [0.717, 1.165) is 17.0 Å². The first-order valence-electron chi connectivity index (χ1n) is 3.00. The SMILES string of the molecule is Brc1ccc2c(n1)NNC2. The van der Waals surface area contributed by atoms with Crippen LogP contribution in [0.4, 0.5) is 5.82 Å². The van der Waals surface area contributed by atoms with E-state index < -0.39 is 0 Å². The zero-order valence-corrected chi connectivity index (χ0v) is 6.77. The van der Waals surface area contributed by atoms with Gasteiger partial charge in [-0.1, -0.05) is 6.07 Å². The number of hydrazine groups is 1. The summed E-state index contributed by atoms with van der Waals surface area (Å²) in [6.45, 7) is 0.857. The summed E-state index contributed by atoms with van der Waals surface area (Å²) < 4.78 is 0.863. The molecule has 0 aliphatic carbocycles. The van der Waals surface area contributed by atoms with Crippen molar-refractivity contribution in [1.82, 2.24) is 10.4 Å². The number of fused-ring (bicyclic) bond motifs is 1. The minimum absolute atomic E-state index is 0.857. The quantitative estimate of drug-likeness (QED) is 0.619. The monoisotopic (exact) mass is 199 g/mol. The van der Waals surface area contributed by atoms with Crippen LogP contribution < -0.4 is 10.9 Å². The van der Waals surface area contributed by atoms with Crippen LogP contribution in [0.3, 0.4) is 0 Å². The zero-order chi connectivity index (χ0) is 6.97. The number of nitrogens with one attached hydrogen (secondary N) is 2. The molecule has 0 atom stereocenters. The molecule has 0 amide bonds. The molecule has 3 nitrogen and oxygen atoms in total. The van der Waals surface area contributed by atoms with Gasteiger partial charge in [-0.25, -0.2) is 10.4 Å². The van der Waals surface area contributed by atoms with Crippen LogP contribution in [0.5, 0.6) is 0 Å². The van der Waals surface area contributed by atoms with Gasteiger partial charge in [0, 0.05) is 12.1 Å². The van der Waals surface area contributed by atoms with Gasteiger partial charge in [-0.05, 0) is 22.0 Å². The van der Waals surface area contributed by atoms with Gasteiger partial charge in [0.25, 0.3) is 0 Å². The second-order valence-corrected chi connectivity index (χ2v) is 2.93. The molecule has 1 aromatic heterocycles. The molecule has 2 heterocycles. The van der Waals surface area contributed by atoms with Crippen molar-refractivity contribution in [1.29, 1.82) is 0 Å². The van der Waals surface area contributed by atoms with Crippen LogP contribution in [0.1, 0.15) is 5.56 Å². The van der Waals surface area contributed by atoms with E-state index in [1.807, 2.05) is 12.1 Å². The van der Waals surface area contributed by atoms with Crippen molar-refractivity contribution < 1.29 is 0 Å². The molecule has 0 aromatic carbocycles. The lowest BCUT2D eigenvalue weighted by molar-refractivity contribution is 0.859. The minimum Gasteiger partial charge on any atom is -0.305 e. The predicted octanol–water partition coefficient (Wildman–Crippen LogP) is 1.27. The van der Waals surface area contributed by atoms with Crippen molar-refractivity contribution in [2.24, 2.45) is 0 Å². The van der Waals surface area contributed by atoms with Crippen LogP contribution in [-0.2, 0) is 6.54 Å². The first-order valence-corrected chi connectivity index (χ1v) is 3.80. The van der Waals surface area contributed by atoms with E-state index in [9.17, 15) is 0 Å². The molecule has 2 N–H and O–H groups in total. The molecule has 1 aliphatic heterocycles. The highest BCUT2D eigenvalue weighted by molar-refractivity contribution is 9.10. The summed E-state index contributed by atoms with van der Waals surface area (Å²) in [7, 11) is 0. The highest BCUT2D eigenvalue weighted by Crippen LogP contribution is 2.19. The van der Waals surface area contributed by atoms with E-state index in [0.29, 0.717) is 0 Å². The van der Waals surface area contributed by atoms with Gasteiger partial charge in [0.15, 0.2) is 0 Å². The smallest absolute Gasteiger partial charge is 0.146 e. The van der Waals surface area contributed by atoms with Gasteiger partial charge < -0.3 is 5.43 Å². The maximum atomic E-state index is 4.20. The maximum Gasteiger partial charge on any atom is 0.146 e. The summed E-state index contributed by atoms with van der Waals surface area (Å²) in [5.41, 5.74) is 7.14. The van der Waals surface area contributed by atoms with E-state index in [2.05, 4.69) is 31.8 Å². The van der Waals surface area contributed by atoms with Gasteiger partial charge in [-0.2, -0.15) is 0 Å². The summed E-state index contributed by atoms with van der Waals surface area (Å²) >= 11 is 3.29. The van der Waals surface area contributed by atoms with Crippen LogP contribution in [-0.4, -0.2) is 4.98 Å². The fourth-order valence-electron chi connectivity index (χ4n) is 0.938. The van der Waals surface area contributed by atoms with Crippen LogP contribution in [0, 0.1) is 0 Å². The van der Waals surface area contributed by atoms with Gasteiger partial charge in [0.1, 0.15) is 10.4 Å². The Kier molecular flexibility index (Phi) is 1.35. The molecule has 0 radical (unpaired) electrons. The first-order chi connectivity index (χ1) is 4.86. The molecule has 0 spiro atoms. The third kappa shape index (κ3) is 0.892. The number of halogens is 1. The molecule has 0 fully saturated rings. The molecule has 52 valence electrons. The Morgan fingerprint density at radius 1 is 1.50 bits per heavy atom. The Labute approximate surface area is 66.9 Å². The lowest BCUT2D eigenvalue weighted by Crippen LogP contribution is -2.11. The van der Waals surface area contributed by atoms with Gasteiger partial charge in [-0.15, -0.1) is 0 Å². The molecular formula is C6H6BrN3. The second kappa shape index (κ2) is 2.21. The molecule has 10 heavy (non-hydrogen) atoms. The summed E-state index contributed by atoms with van der Waals surface area (Å²) in [6.07, 6.45) is 0. The average molecular weight is 200 g/mol. The van der Waals surface area contributed by atoms with Crippen molar-refractivity contribution >= 4 is 21.7 Å². The maximum absolute atomic E-state index is 4.20. The molecule has 0 saturated carbocycles. The van der Waals surface area contributed by atoms with Crippen LogP contribution in [0.15, 0.2) is 16.7 Å². The van der Waals surface area contributed by atoms with Crippen molar-refractivity contribution in [2.75, 3.05) is 5.43 Å². The number of pyridine rings is 1. The lowest BCUT2D eigenvalue weighted by atomic mass is 10.3. The second-order valence-electron chi connectivity index (χ2n) is 2.12. The minimum atomic E-state index is 0.857. The molecule has 0 unspecified atom stereocenters. The van der Waals surface area contributed by atoms with Crippen molar-refractivity contribution in [3.8, 4) is 0 Å². The lowest BCUT2D eigenvalue weighted by Gasteiger charge is -1.95. The van der Waals surface area contributed by atoms with Crippen molar-refractivity contribution in [3.05, 3.63) is 22.3 Å². The predicted molar refractivity (Wildman–Crippen MR) is 42.4 cm³/mol. The third-order valence-corrected chi connectivity index (χ3v) is 1.87. The largest absolute Gasteiger partial charge is 0.305 e. The molecule has 2 rings (SSSR count). The average Bonchev–Trinajstić information content (AvgIpc) is 2.33. The number of rotatable bonds is 0. The summed E-state index contributed by atoms with van der Waals surface area (Å²) in [5, 5.41) is 0. The van der Waals surface area contributed by atoms with E-state index in [1.54, 1.807) is 0 Å². The molecule has 4 heteroatoms. The number of hydrogen-bond acceptors (Lipinski definition) is 3. The Balaban J connectivity index is 2.52. The van der Waals surface area contributed by atoms with Crippen molar-refractivity contribution in [2.45, 2.75) is 6.54 Å².